The summed E-state index contributed by atoms with van der Waals surface area (Å²) in [5.41, 5.74) is 2.44. The Balaban J connectivity index is 1.33. The number of nitrogens with zero attached hydrogens (tertiary/aromatic N) is 2. The van der Waals surface area contributed by atoms with Crippen molar-refractivity contribution in [1.82, 2.24) is 14.5 Å². The van der Waals surface area contributed by atoms with E-state index in [0.29, 0.717) is 42.5 Å². The van der Waals surface area contributed by atoms with Crippen LogP contribution in [-0.4, -0.2) is 76.0 Å². The Labute approximate surface area is 286 Å². The SMILES string of the molecule is COc1ccc(CCNC(=O)[C@H](c2ccccc2)N(Cc2ccc(Cl)cc2)C(=O)COc2ccc(S(=O)(=O)N3CCOCC3)cc2)cc1. The molecule has 0 aromatic heterocycles. The number of morpholine rings is 1. The molecule has 1 atom stereocenters. The number of carbonyl (C=O) groups is 2. The predicted molar refractivity (Wildman–Crippen MR) is 182 cm³/mol. The molecule has 2 amide bonds. The molecule has 252 valence electrons. The summed E-state index contributed by atoms with van der Waals surface area (Å²) in [4.78, 5) is 29.5. The summed E-state index contributed by atoms with van der Waals surface area (Å²) in [6.45, 7) is 1.35. The Morgan fingerprint density at radius 2 is 1.50 bits per heavy atom. The predicted octanol–water partition coefficient (Wildman–Crippen LogP) is 4.88. The maximum atomic E-state index is 14.0. The zero-order valence-electron chi connectivity index (χ0n) is 26.6. The van der Waals surface area contributed by atoms with E-state index in [1.165, 1.54) is 33.5 Å². The van der Waals surface area contributed by atoms with E-state index in [9.17, 15) is 18.0 Å². The number of nitrogens with one attached hydrogen (secondary N) is 1. The lowest BCUT2D eigenvalue weighted by molar-refractivity contribution is -0.143. The van der Waals surface area contributed by atoms with Crippen molar-refractivity contribution in [2.24, 2.45) is 0 Å². The molecule has 12 heteroatoms. The van der Waals surface area contributed by atoms with E-state index < -0.39 is 22.0 Å². The third-order valence-corrected chi connectivity index (χ3v) is 10.1. The zero-order valence-corrected chi connectivity index (χ0v) is 28.2. The van der Waals surface area contributed by atoms with Crippen LogP contribution in [0.2, 0.25) is 5.02 Å². The molecule has 0 saturated carbocycles. The van der Waals surface area contributed by atoms with Gasteiger partial charge in [-0.3, -0.25) is 9.59 Å². The van der Waals surface area contributed by atoms with Crippen LogP contribution in [0.25, 0.3) is 0 Å². The summed E-state index contributed by atoms with van der Waals surface area (Å²) in [5.74, 6) is 0.291. The topological polar surface area (TPSA) is 114 Å². The van der Waals surface area contributed by atoms with Gasteiger partial charge in [-0.15, -0.1) is 0 Å². The number of sulfonamides is 1. The second kappa shape index (κ2) is 16.6. The van der Waals surface area contributed by atoms with Crippen LogP contribution >= 0.6 is 11.6 Å². The molecule has 10 nitrogen and oxygen atoms in total. The molecular formula is C36H38ClN3O7S. The van der Waals surface area contributed by atoms with Gasteiger partial charge in [0.05, 0.1) is 25.2 Å². The monoisotopic (exact) mass is 691 g/mol. The number of benzene rings is 4. The first-order valence-corrected chi connectivity index (χ1v) is 17.4. The average Bonchev–Trinajstić information content (AvgIpc) is 3.12. The molecule has 48 heavy (non-hydrogen) atoms. The number of ether oxygens (including phenoxy) is 3. The van der Waals surface area contributed by atoms with Crippen LogP contribution in [0.15, 0.2) is 108 Å². The highest BCUT2D eigenvalue weighted by Crippen LogP contribution is 2.26. The largest absolute Gasteiger partial charge is 0.497 e. The molecule has 1 heterocycles. The number of rotatable bonds is 14. The lowest BCUT2D eigenvalue weighted by atomic mass is 10.0. The molecule has 4 aromatic rings. The van der Waals surface area contributed by atoms with Gasteiger partial charge in [0.15, 0.2) is 6.61 Å². The quantitative estimate of drug-likeness (QED) is 0.201. The van der Waals surface area contributed by atoms with E-state index >= 15 is 0 Å². The normalized spacial score (nSPS) is 14.1. The maximum absolute atomic E-state index is 14.0. The minimum atomic E-state index is -3.68. The fraction of sp³-hybridized carbons (Fsp3) is 0.278. The minimum Gasteiger partial charge on any atom is -0.497 e. The molecular weight excluding hydrogens is 654 g/mol. The van der Waals surface area contributed by atoms with E-state index in [1.807, 2.05) is 54.6 Å². The lowest BCUT2D eigenvalue weighted by Gasteiger charge is -2.31. The Morgan fingerprint density at radius 1 is 0.875 bits per heavy atom. The van der Waals surface area contributed by atoms with Gasteiger partial charge in [0.1, 0.15) is 17.5 Å². The second-order valence-corrected chi connectivity index (χ2v) is 13.5. The van der Waals surface area contributed by atoms with Crippen molar-refractivity contribution in [1.29, 1.82) is 0 Å². The minimum absolute atomic E-state index is 0.113. The molecule has 1 aliphatic rings. The fourth-order valence-corrected chi connectivity index (χ4v) is 6.84. The van der Waals surface area contributed by atoms with Crippen LogP contribution in [0, 0.1) is 0 Å². The van der Waals surface area contributed by atoms with Crippen LogP contribution in [0.1, 0.15) is 22.7 Å². The third-order valence-electron chi connectivity index (χ3n) is 7.93. The number of amides is 2. The summed E-state index contributed by atoms with van der Waals surface area (Å²) in [6.07, 6.45) is 0.586. The summed E-state index contributed by atoms with van der Waals surface area (Å²) in [6, 6.07) is 28.8. The number of methoxy groups -OCH3 is 1. The van der Waals surface area contributed by atoms with Crippen molar-refractivity contribution in [3.63, 3.8) is 0 Å². The van der Waals surface area contributed by atoms with Crippen LogP contribution in [0.4, 0.5) is 0 Å². The van der Waals surface area contributed by atoms with Crippen molar-refractivity contribution in [2.45, 2.75) is 23.9 Å². The van der Waals surface area contributed by atoms with Gasteiger partial charge in [0, 0.05) is 31.2 Å². The molecule has 0 unspecified atom stereocenters. The van der Waals surface area contributed by atoms with Crippen molar-refractivity contribution < 1.29 is 32.2 Å². The molecule has 1 N–H and O–H groups in total. The van der Waals surface area contributed by atoms with Crippen LogP contribution in [-0.2, 0) is 37.3 Å². The molecule has 1 saturated heterocycles. The lowest BCUT2D eigenvalue weighted by Crippen LogP contribution is -2.45. The van der Waals surface area contributed by atoms with E-state index in [0.717, 1.165) is 16.9 Å². The van der Waals surface area contributed by atoms with Crippen molar-refractivity contribution in [3.05, 3.63) is 125 Å². The molecule has 0 spiro atoms. The van der Waals surface area contributed by atoms with Gasteiger partial charge in [-0.25, -0.2) is 8.42 Å². The Hall–Kier alpha value is -4.42. The Morgan fingerprint density at radius 3 is 2.15 bits per heavy atom. The van der Waals surface area contributed by atoms with Crippen molar-refractivity contribution in [2.75, 3.05) is 46.6 Å². The highest BCUT2D eigenvalue weighted by atomic mass is 35.5. The highest BCUT2D eigenvalue weighted by molar-refractivity contribution is 7.89. The smallest absolute Gasteiger partial charge is 0.261 e. The Bertz CT molecular complexity index is 1750. The van der Waals surface area contributed by atoms with E-state index in [1.54, 1.807) is 31.4 Å². The second-order valence-electron chi connectivity index (χ2n) is 11.1. The molecule has 0 aliphatic carbocycles. The summed E-state index contributed by atoms with van der Waals surface area (Å²) < 4.78 is 43.8. The van der Waals surface area contributed by atoms with E-state index in [4.69, 9.17) is 25.8 Å². The molecule has 1 aliphatic heterocycles. The molecule has 4 aromatic carbocycles. The highest BCUT2D eigenvalue weighted by Gasteiger charge is 2.32. The first-order chi connectivity index (χ1) is 23.2. The zero-order chi connectivity index (χ0) is 33.9. The van der Waals surface area contributed by atoms with Gasteiger partial charge < -0.3 is 24.4 Å². The fourth-order valence-electron chi connectivity index (χ4n) is 5.31. The summed E-state index contributed by atoms with van der Waals surface area (Å²) >= 11 is 6.13. The van der Waals surface area contributed by atoms with Gasteiger partial charge in [0.2, 0.25) is 15.9 Å². The first kappa shape index (κ1) is 34.9. The van der Waals surface area contributed by atoms with Gasteiger partial charge in [0.25, 0.3) is 5.91 Å². The van der Waals surface area contributed by atoms with Crippen molar-refractivity contribution >= 4 is 33.4 Å². The molecule has 5 rings (SSSR count). The standard InChI is InChI=1S/C36H38ClN3O7S/c1-45-31-13-9-27(10-14-31)19-20-38-36(42)35(29-5-3-2-4-6-29)40(25-28-7-11-30(37)12-8-28)34(41)26-47-32-15-17-33(18-16-32)48(43,44)39-21-23-46-24-22-39/h2-18,35H,19-26H2,1H3,(H,38,42)/t35-/m0/s1. The third kappa shape index (κ3) is 9.13. The van der Waals surface area contributed by atoms with E-state index in [2.05, 4.69) is 5.32 Å². The van der Waals surface area contributed by atoms with Crippen molar-refractivity contribution in [3.8, 4) is 11.5 Å². The van der Waals surface area contributed by atoms with Crippen LogP contribution in [0.3, 0.4) is 0 Å². The molecule has 1 fully saturated rings. The van der Waals surface area contributed by atoms with Crippen LogP contribution in [0.5, 0.6) is 11.5 Å². The Kier molecular flexibility index (Phi) is 12.1. The molecule has 0 bridgehead atoms. The number of halogens is 1. The number of hydrogen-bond donors (Lipinski definition) is 1. The number of hydrogen-bond acceptors (Lipinski definition) is 7. The first-order valence-electron chi connectivity index (χ1n) is 15.5. The average molecular weight is 692 g/mol. The van der Waals surface area contributed by atoms with Gasteiger partial charge in [-0.05, 0) is 71.6 Å². The van der Waals surface area contributed by atoms with E-state index in [-0.39, 0.29) is 37.0 Å². The van der Waals surface area contributed by atoms with Crippen LogP contribution < -0.4 is 14.8 Å². The number of carbonyl (C=O) groups excluding carboxylic acids is 2. The maximum Gasteiger partial charge on any atom is 0.261 e. The van der Waals surface area contributed by atoms with Gasteiger partial charge in [-0.2, -0.15) is 4.31 Å². The van der Waals surface area contributed by atoms with Gasteiger partial charge in [-0.1, -0.05) is 66.2 Å². The van der Waals surface area contributed by atoms with Gasteiger partial charge >= 0.3 is 0 Å². The summed E-state index contributed by atoms with van der Waals surface area (Å²) in [7, 11) is -2.07. The summed E-state index contributed by atoms with van der Waals surface area (Å²) in [5, 5.41) is 3.57. The molecule has 0 radical (unpaired) electrons.